The predicted octanol–water partition coefficient (Wildman–Crippen LogP) is 3.01. The van der Waals surface area contributed by atoms with E-state index in [1.807, 2.05) is 29.2 Å². The van der Waals surface area contributed by atoms with E-state index in [1.54, 1.807) is 7.11 Å². The van der Waals surface area contributed by atoms with Gasteiger partial charge in [-0.2, -0.15) is 0 Å². The highest BCUT2D eigenvalue weighted by Crippen LogP contribution is 2.33. The second-order valence-electron chi connectivity index (χ2n) is 6.77. The lowest BCUT2D eigenvalue weighted by atomic mass is 10.0. The average molecular weight is 352 g/mol. The van der Waals surface area contributed by atoms with Gasteiger partial charge in [-0.3, -0.25) is 4.79 Å². The van der Waals surface area contributed by atoms with Gasteiger partial charge < -0.3 is 19.3 Å². The lowest BCUT2D eigenvalue weighted by Crippen LogP contribution is -2.49. The van der Waals surface area contributed by atoms with E-state index in [4.69, 9.17) is 9.47 Å². The van der Waals surface area contributed by atoms with Crippen LogP contribution in [0.1, 0.15) is 23.7 Å². The third-order valence-corrected chi connectivity index (χ3v) is 5.27. The second kappa shape index (κ2) is 7.38. The number of fused-ring (bicyclic) bond motifs is 1. The molecule has 2 aromatic carbocycles. The van der Waals surface area contributed by atoms with Crippen LogP contribution < -0.4 is 9.64 Å². The number of carbonyl (C=O) groups is 1. The summed E-state index contributed by atoms with van der Waals surface area (Å²) in [4.78, 5) is 17.0. The first-order valence-electron chi connectivity index (χ1n) is 9.11. The van der Waals surface area contributed by atoms with Gasteiger partial charge in [-0.05, 0) is 35.4 Å². The van der Waals surface area contributed by atoms with Gasteiger partial charge in [0.05, 0.1) is 26.2 Å². The first-order chi connectivity index (χ1) is 12.7. The lowest BCUT2D eigenvalue weighted by Gasteiger charge is -2.36. The molecule has 0 bridgehead atoms. The highest BCUT2D eigenvalue weighted by atomic mass is 16.5. The average Bonchev–Trinajstić information content (AvgIpc) is 3.11. The number of ether oxygens (including phenoxy) is 2. The van der Waals surface area contributed by atoms with Gasteiger partial charge in [-0.15, -0.1) is 0 Å². The molecule has 0 aliphatic carbocycles. The third-order valence-electron chi connectivity index (χ3n) is 5.27. The molecule has 5 nitrogen and oxygen atoms in total. The van der Waals surface area contributed by atoms with Crippen LogP contribution in [0.15, 0.2) is 48.5 Å². The van der Waals surface area contributed by atoms with Crippen molar-refractivity contribution in [1.82, 2.24) is 4.90 Å². The molecule has 0 aromatic heterocycles. The Morgan fingerprint density at radius 3 is 2.54 bits per heavy atom. The maximum absolute atomic E-state index is 12.7. The number of methoxy groups -OCH3 is 1. The summed E-state index contributed by atoms with van der Waals surface area (Å²) in [5.41, 5.74) is 3.54. The Labute approximate surface area is 154 Å². The van der Waals surface area contributed by atoms with Crippen LogP contribution in [-0.2, 0) is 16.1 Å². The monoisotopic (exact) mass is 352 g/mol. The fourth-order valence-electron chi connectivity index (χ4n) is 3.72. The zero-order valence-corrected chi connectivity index (χ0v) is 15.1. The summed E-state index contributed by atoms with van der Waals surface area (Å²) < 4.78 is 11.0. The molecule has 2 aliphatic rings. The van der Waals surface area contributed by atoms with E-state index < -0.39 is 0 Å². The van der Waals surface area contributed by atoms with Gasteiger partial charge in [-0.1, -0.05) is 24.3 Å². The normalized spacial score (nSPS) is 19.3. The highest BCUT2D eigenvalue weighted by Gasteiger charge is 2.28. The molecule has 2 heterocycles. The molecule has 0 N–H and O–H groups in total. The number of benzene rings is 2. The van der Waals surface area contributed by atoms with Crippen LogP contribution in [-0.4, -0.2) is 44.1 Å². The summed E-state index contributed by atoms with van der Waals surface area (Å²) in [5.74, 6) is 1.04. The van der Waals surface area contributed by atoms with Crippen LogP contribution in [0.25, 0.3) is 0 Å². The van der Waals surface area contributed by atoms with Gasteiger partial charge >= 0.3 is 0 Å². The van der Waals surface area contributed by atoms with Crippen molar-refractivity contribution < 1.29 is 14.3 Å². The highest BCUT2D eigenvalue weighted by molar-refractivity contribution is 5.77. The predicted molar refractivity (Wildman–Crippen MR) is 100 cm³/mol. The molecule has 2 aromatic rings. The summed E-state index contributed by atoms with van der Waals surface area (Å²) in [7, 11) is 1.67. The zero-order valence-electron chi connectivity index (χ0n) is 15.1. The van der Waals surface area contributed by atoms with Crippen LogP contribution in [0, 0.1) is 0 Å². The molecule has 4 rings (SSSR count). The molecule has 26 heavy (non-hydrogen) atoms. The number of rotatable bonds is 4. The van der Waals surface area contributed by atoms with Gasteiger partial charge in [0, 0.05) is 31.9 Å². The number of nitrogens with zero attached hydrogens (tertiary/aromatic N) is 2. The fraction of sp³-hybridized carbons (Fsp3) is 0.381. The maximum Gasteiger partial charge on any atom is 0.225 e. The van der Waals surface area contributed by atoms with E-state index in [-0.39, 0.29) is 12.0 Å². The number of anilines is 1. The molecular weight excluding hydrogens is 328 g/mol. The van der Waals surface area contributed by atoms with Gasteiger partial charge in [0.25, 0.3) is 0 Å². The van der Waals surface area contributed by atoms with Crippen molar-refractivity contribution in [2.75, 3.05) is 38.2 Å². The number of hydrogen-bond acceptors (Lipinski definition) is 4. The Balaban J connectivity index is 1.32. The second-order valence-corrected chi connectivity index (χ2v) is 6.77. The van der Waals surface area contributed by atoms with E-state index in [0.29, 0.717) is 13.0 Å². The van der Waals surface area contributed by atoms with Gasteiger partial charge in [0.1, 0.15) is 5.75 Å². The van der Waals surface area contributed by atoms with Crippen LogP contribution >= 0.6 is 0 Å². The van der Waals surface area contributed by atoms with Crippen molar-refractivity contribution >= 4 is 11.6 Å². The van der Waals surface area contributed by atoms with Crippen molar-refractivity contribution in [2.24, 2.45) is 0 Å². The maximum atomic E-state index is 12.7. The first-order valence-corrected chi connectivity index (χ1v) is 9.11. The fourth-order valence-corrected chi connectivity index (χ4v) is 3.72. The molecule has 5 heteroatoms. The van der Waals surface area contributed by atoms with Crippen molar-refractivity contribution in [3.05, 3.63) is 59.7 Å². The van der Waals surface area contributed by atoms with Crippen molar-refractivity contribution in [2.45, 2.75) is 19.1 Å². The number of carbonyl (C=O) groups excluding carboxylic acids is 1. The lowest BCUT2D eigenvalue weighted by molar-refractivity contribution is -0.134. The summed E-state index contributed by atoms with van der Waals surface area (Å²) in [5, 5.41) is 0. The molecule has 136 valence electrons. The van der Waals surface area contributed by atoms with E-state index in [0.717, 1.165) is 37.5 Å². The van der Waals surface area contributed by atoms with Crippen LogP contribution in [0.4, 0.5) is 5.69 Å². The quantitative estimate of drug-likeness (QED) is 0.848. The summed E-state index contributed by atoms with van der Waals surface area (Å²) >= 11 is 0. The standard InChI is InChI=1S/C21H24N2O3/c1-25-18-8-6-17(7-9-18)22-10-12-23(13-11-22)21(24)14-20-19-5-3-2-4-16(19)15-26-20/h2-9,20H,10-15H2,1H3. The Bertz CT molecular complexity index is 767. The largest absolute Gasteiger partial charge is 0.497 e. The van der Waals surface area contributed by atoms with Gasteiger partial charge in [0.2, 0.25) is 5.91 Å². The van der Waals surface area contributed by atoms with Crippen molar-refractivity contribution in [3.63, 3.8) is 0 Å². The minimum absolute atomic E-state index is 0.0988. The molecular formula is C21H24N2O3. The molecule has 1 amide bonds. The topological polar surface area (TPSA) is 42.0 Å². The minimum atomic E-state index is -0.0988. The smallest absolute Gasteiger partial charge is 0.225 e. The van der Waals surface area contributed by atoms with Crippen molar-refractivity contribution in [3.8, 4) is 5.75 Å². The number of piperazine rings is 1. The van der Waals surface area contributed by atoms with Gasteiger partial charge in [-0.25, -0.2) is 0 Å². The SMILES string of the molecule is COc1ccc(N2CCN(C(=O)CC3OCc4ccccc43)CC2)cc1. The first kappa shape index (κ1) is 16.9. The summed E-state index contributed by atoms with van der Waals surface area (Å²) in [6.45, 7) is 3.80. The molecule has 0 spiro atoms. The molecule has 2 aliphatic heterocycles. The van der Waals surface area contributed by atoms with E-state index in [1.165, 1.54) is 11.3 Å². The minimum Gasteiger partial charge on any atom is -0.497 e. The zero-order chi connectivity index (χ0) is 17.9. The summed E-state index contributed by atoms with van der Waals surface area (Å²) in [6.07, 6.45) is 0.331. The van der Waals surface area contributed by atoms with Crippen LogP contribution in [0.3, 0.4) is 0 Å². The Morgan fingerprint density at radius 2 is 1.81 bits per heavy atom. The third kappa shape index (κ3) is 3.40. The van der Waals surface area contributed by atoms with E-state index in [2.05, 4.69) is 29.2 Å². The van der Waals surface area contributed by atoms with Gasteiger partial charge in [0.15, 0.2) is 0 Å². The van der Waals surface area contributed by atoms with E-state index in [9.17, 15) is 4.79 Å². The summed E-state index contributed by atoms with van der Waals surface area (Å²) in [6, 6.07) is 16.3. The molecule has 1 fully saturated rings. The number of amides is 1. The Kier molecular flexibility index (Phi) is 4.80. The Morgan fingerprint density at radius 1 is 1.08 bits per heavy atom. The van der Waals surface area contributed by atoms with Crippen LogP contribution in [0.2, 0.25) is 0 Å². The molecule has 0 radical (unpaired) electrons. The van der Waals surface area contributed by atoms with Crippen LogP contribution in [0.5, 0.6) is 5.75 Å². The molecule has 0 saturated carbocycles. The molecule has 1 atom stereocenters. The van der Waals surface area contributed by atoms with Crippen molar-refractivity contribution in [1.29, 1.82) is 0 Å². The Hall–Kier alpha value is -2.53. The van der Waals surface area contributed by atoms with E-state index >= 15 is 0 Å². The number of hydrogen-bond donors (Lipinski definition) is 0. The molecule has 1 unspecified atom stereocenters. The molecule has 1 saturated heterocycles.